The average molecular weight is 382 g/mol. The number of carbonyl (C=O) groups excluding carboxylic acids is 1. The van der Waals surface area contributed by atoms with Gasteiger partial charge >= 0.3 is 0 Å². The number of benzene rings is 1. The van der Waals surface area contributed by atoms with Gasteiger partial charge in [0.15, 0.2) is 11.4 Å². The molecule has 0 fully saturated rings. The number of hydrogen-bond acceptors (Lipinski definition) is 5. The molecule has 0 spiro atoms. The van der Waals surface area contributed by atoms with Gasteiger partial charge in [0, 0.05) is 10.6 Å². The first-order valence-electron chi connectivity index (χ1n) is 8.31. The highest BCUT2D eigenvalue weighted by molar-refractivity contribution is 6.31. The van der Waals surface area contributed by atoms with E-state index in [0.717, 1.165) is 5.76 Å². The van der Waals surface area contributed by atoms with Gasteiger partial charge in [0.05, 0.1) is 36.2 Å². The second-order valence-electron chi connectivity index (χ2n) is 6.06. The van der Waals surface area contributed by atoms with E-state index in [1.807, 2.05) is 12.1 Å². The molecule has 0 atom stereocenters. The molecule has 0 bridgehead atoms. The van der Waals surface area contributed by atoms with E-state index in [1.165, 1.54) is 7.11 Å². The summed E-state index contributed by atoms with van der Waals surface area (Å²) in [5.41, 5.74) is 2.08. The Kier molecular flexibility index (Phi) is 4.41. The zero-order chi connectivity index (χ0) is 19.0. The molecule has 4 rings (SSSR count). The Morgan fingerprint density at radius 1 is 1.30 bits per heavy atom. The predicted octanol–water partition coefficient (Wildman–Crippen LogP) is 4.27. The Morgan fingerprint density at radius 2 is 2.15 bits per heavy atom. The molecule has 0 aliphatic heterocycles. The van der Waals surface area contributed by atoms with Crippen LogP contribution in [0, 0.1) is 6.92 Å². The Hall–Kier alpha value is -3.12. The predicted molar refractivity (Wildman–Crippen MR) is 102 cm³/mol. The zero-order valence-electron chi connectivity index (χ0n) is 14.8. The summed E-state index contributed by atoms with van der Waals surface area (Å²) in [4.78, 5) is 17.7. The number of carbonyl (C=O) groups is 1. The van der Waals surface area contributed by atoms with Crippen molar-refractivity contribution in [2.75, 3.05) is 7.11 Å². The van der Waals surface area contributed by atoms with Crippen molar-refractivity contribution in [1.82, 2.24) is 14.8 Å². The van der Waals surface area contributed by atoms with E-state index in [9.17, 15) is 4.79 Å². The van der Waals surface area contributed by atoms with Crippen molar-refractivity contribution in [1.29, 1.82) is 0 Å². The van der Waals surface area contributed by atoms with Crippen LogP contribution in [0.5, 0.6) is 5.75 Å². The van der Waals surface area contributed by atoms with Crippen molar-refractivity contribution in [2.45, 2.75) is 13.5 Å². The molecule has 0 saturated heterocycles. The fourth-order valence-corrected chi connectivity index (χ4v) is 3.28. The number of fused-ring (bicyclic) bond motifs is 1. The monoisotopic (exact) mass is 381 g/mol. The lowest BCUT2D eigenvalue weighted by Crippen LogP contribution is -2.10. The van der Waals surface area contributed by atoms with E-state index in [4.69, 9.17) is 20.8 Å². The fraction of sp³-hybridized carbons (Fsp3) is 0.150. The van der Waals surface area contributed by atoms with Crippen LogP contribution in [0.25, 0.3) is 11.0 Å². The van der Waals surface area contributed by atoms with Gasteiger partial charge in [-0.15, -0.1) is 0 Å². The lowest BCUT2D eigenvalue weighted by Gasteiger charge is -2.12. The molecule has 7 heteroatoms. The van der Waals surface area contributed by atoms with Crippen LogP contribution in [-0.4, -0.2) is 27.7 Å². The number of furan rings is 1. The molecule has 0 aliphatic rings. The smallest absolute Gasteiger partial charge is 0.198 e. The molecule has 0 aliphatic carbocycles. The van der Waals surface area contributed by atoms with E-state index in [0.29, 0.717) is 45.2 Å². The number of halogens is 1. The molecule has 136 valence electrons. The summed E-state index contributed by atoms with van der Waals surface area (Å²) < 4.78 is 12.7. The molecule has 27 heavy (non-hydrogen) atoms. The van der Waals surface area contributed by atoms with Crippen LogP contribution in [0.3, 0.4) is 0 Å². The number of methoxy groups -OCH3 is 1. The third-order valence-electron chi connectivity index (χ3n) is 4.32. The summed E-state index contributed by atoms with van der Waals surface area (Å²) >= 11 is 6.03. The van der Waals surface area contributed by atoms with Crippen molar-refractivity contribution in [2.24, 2.45) is 0 Å². The lowest BCUT2D eigenvalue weighted by molar-refractivity contribution is 0.103. The highest BCUT2D eigenvalue weighted by atomic mass is 35.5. The van der Waals surface area contributed by atoms with Crippen molar-refractivity contribution in [3.8, 4) is 5.75 Å². The first-order valence-corrected chi connectivity index (χ1v) is 8.69. The van der Waals surface area contributed by atoms with E-state index < -0.39 is 0 Å². The number of rotatable bonds is 5. The maximum absolute atomic E-state index is 13.1. The summed E-state index contributed by atoms with van der Waals surface area (Å²) in [5, 5.41) is 5.55. The SMILES string of the molecule is COc1c(C(=O)c2cccc(Cl)c2)c(C)nc2c1cnn2Cc1ccco1. The van der Waals surface area contributed by atoms with Crippen LogP contribution < -0.4 is 4.74 Å². The first kappa shape index (κ1) is 17.3. The van der Waals surface area contributed by atoms with Crippen LogP contribution >= 0.6 is 11.6 Å². The molecule has 0 saturated carbocycles. The summed E-state index contributed by atoms with van der Waals surface area (Å²) in [7, 11) is 1.53. The molecule has 4 aromatic rings. The third-order valence-corrected chi connectivity index (χ3v) is 4.56. The van der Waals surface area contributed by atoms with E-state index in [-0.39, 0.29) is 5.78 Å². The molecular weight excluding hydrogens is 366 g/mol. The fourth-order valence-electron chi connectivity index (χ4n) is 3.09. The molecule has 0 N–H and O–H groups in total. The van der Waals surface area contributed by atoms with Crippen LogP contribution in [0.2, 0.25) is 5.02 Å². The second kappa shape index (κ2) is 6.89. The van der Waals surface area contributed by atoms with E-state index in [2.05, 4.69) is 10.1 Å². The van der Waals surface area contributed by atoms with Gasteiger partial charge < -0.3 is 9.15 Å². The number of nitrogens with zero attached hydrogens (tertiary/aromatic N) is 3. The van der Waals surface area contributed by atoms with Gasteiger partial charge in [0.1, 0.15) is 18.1 Å². The molecule has 0 amide bonds. The van der Waals surface area contributed by atoms with Gasteiger partial charge in [-0.05, 0) is 31.2 Å². The van der Waals surface area contributed by atoms with Crippen LogP contribution in [0.15, 0.2) is 53.3 Å². The number of pyridine rings is 1. The number of aromatic nitrogens is 3. The number of ether oxygens (including phenoxy) is 1. The van der Waals surface area contributed by atoms with Gasteiger partial charge in [0.25, 0.3) is 0 Å². The number of aryl methyl sites for hydroxylation is 1. The van der Waals surface area contributed by atoms with Crippen molar-refractivity contribution in [3.63, 3.8) is 0 Å². The number of ketones is 1. The van der Waals surface area contributed by atoms with E-state index in [1.54, 1.807) is 48.3 Å². The standard InChI is InChI=1S/C20H16ClN3O3/c1-12-17(18(25)13-5-3-6-14(21)9-13)19(26-2)16-10-22-24(20(16)23-12)11-15-7-4-8-27-15/h3-10H,11H2,1-2H3. The molecular formula is C20H16ClN3O3. The van der Waals surface area contributed by atoms with Crippen LogP contribution in [0.1, 0.15) is 27.4 Å². The average Bonchev–Trinajstić information content (AvgIpc) is 3.31. The maximum atomic E-state index is 13.1. The Labute approximate surface area is 160 Å². The van der Waals surface area contributed by atoms with Crippen LogP contribution in [0.4, 0.5) is 0 Å². The Morgan fingerprint density at radius 3 is 2.85 bits per heavy atom. The highest BCUT2D eigenvalue weighted by Gasteiger charge is 2.23. The largest absolute Gasteiger partial charge is 0.495 e. The molecule has 6 nitrogen and oxygen atoms in total. The van der Waals surface area contributed by atoms with Crippen molar-refractivity contribution >= 4 is 28.4 Å². The number of hydrogen-bond donors (Lipinski definition) is 0. The molecule has 3 aromatic heterocycles. The quantitative estimate of drug-likeness (QED) is 0.483. The molecule has 1 aromatic carbocycles. The molecule has 0 unspecified atom stereocenters. The summed E-state index contributed by atoms with van der Waals surface area (Å²) in [6.45, 7) is 2.22. The van der Waals surface area contributed by atoms with Crippen molar-refractivity contribution in [3.05, 3.63) is 76.5 Å². The summed E-state index contributed by atoms with van der Waals surface area (Å²) in [5.74, 6) is 1.02. The maximum Gasteiger partial charge on any atom is 0.198 e. The van der Waals surface area contributed by atoms with Crippen molar-refractivity contribution < 1.29 is 13.9 Å². The Bertz CT molecular complexity index is 1130. The first-order chi connectivity index (χ1) is 13.1. The summed E-state index contributed by atoms with van der Waals surface area (Å²) in [6, 6.07) is 10.5. The minimum Gasteiger partial charge on any atom is -0.495 e. The van der Waals surface area contributed by atoms with Crippen LogP contribution in [-0.2, 0) is 6.54 Å². The Balaban J connectivity index is 1.85. The van der Waals surface area contributed by atoms with Gasteiger partial charge in [-0.2, -0.15) is 5.10 Å². The topological polar surface area (TPSA) is 70.2 Å². The van der Waals surface area contributed by atoms with Gasteiger partial charge in [0.2, 0.25) is 0 Å². The molecule has 0 radical (unpaired) electrons. The van der Waals surface area contributed by atoms with Gasteiger partial charge in [-0.3, -0.25) is 4.79 Å². The second-order valence-corrected chi connectivity index (χ2v) is 6.50. The third kappa shape index (κ3) is 3.08. The normalized spacial score (nSPS) is 11.1. The lowest BCUT2D eigenvalue weighted by atomic mass is 10.00. The highest BCUT2D eigenvalue weighted by Crippen LogP contribution is 2.32. The zero-order valence-corrected chi connectivity index (χ0v) is 15.5. The van der Waals surface area contributed by atoms with Gasteiger partial charge in [-0.25, -0.2) is 9.67 Å². The van der Waals surface area contributed by atoms with Gasteiger partial charge in [-0.1, -0.05) is 23.7 Å². The summed E-state index contributed by atoms with van der Waals surface area (Å²) in [6.07, 6.45) is 3.26. The molecule has 3 heterocycles. The minimum atomic E-state index is -0.194. The minimum absolute atomic E-state index is 0.194. The van der Waals surface area contributed by atoms with E-state index >= 15 is 0 Å².